The molecule has 38 heavy (non-hydrogen) atoms. The highest BCUT2D eigenvalue weighted by atomic mass is 31.2. The van der Waals surface area contributed by atoms with Gasteiger partial charge >= 0.3 is 7.60 Å². The summed E-state index contributed by atoms with van der Waals surface area (Å²) < 4.78 is 26.5. The Morgan fingerprint density at radius 3 is 1.63 bits per heavy atom. The van der Waals surface area contributed by atoms with Crippen molar-refractivity contribution >= 4 is 19.4 Å². The highest BCUT2D eigenvalue weighted by Gasteiger charge is 2.41. The van der Waals surface area contributed by atoms with Crippen LogP contribution in [0.3, 0.4) is 0 Å². The van der Waals surface area contributed by atoms with Crippen LogP contribution in [0.5, 0.6) is 0 Å². The first-order valence-electron chi connectivity index (χ1n) is 13.0. The first-order chi connectivity index (χ1) is 18.6. The van der Waals surface area contributed by atoms with Crippen molar-refractivity contribution in [2.75, 3.05) is 13.2 Å². The third-order valence-electron chi connectivity index (χ3n) is 6.10. The largest absolute Gasteiger partial charge is 0.355 e. The molecular weight excluding hydrogens is 489 g/mol. The van der Waals surface area contributed by atoms with Crippen molar-refractivity contribution in [2.45, 2.75) is 25.5 Å². The highest BCUT2D eigenvalue weighted by Crippen LogP contribution is 2.58. The maximum atomic E-state index is 14.6. The predicted molar refractivity (Wildman–Crippen MR) is 158 cm³/mol. The maximum absolute atomic E-state index is 14.6. The Bertz CT molecular complexity index is 1310. The molecule has 0 spiro atoms. The molecule has 0 aliphatic carbocycles. The minimum absolute atomic E-state index is 0.249. The fraction of sp³-hybridized carbons (Fsp3) is 0.182. The van der Waals surface area contributed by atoms with Crippen LogP contribution in [-0.4, -0.2) is 24.7 Å². The fourth-order valence-corrected chi connectivity index (χ4v) is 6.40. The molecule has 0 aromatic heterocycles. The van der Waals surface area contributed by atoms with E-state index in [0.29, 0.717) is 0 Å². The molecule has 2 atom stereocenters. The number of benzene rings is 4. The number of hydrogen-bond donors (Lipinski definition) is 0. The van der Waals surface area contributed by atoms with Crippen LogP contribution >= 0.6 is 7.60 Å². The van der Waals surface area contributed by atoms with Crippen LogP contribution in [0.15, 0.2) is 132 Å². The summed E-state index contributed by atoms with van der Waals surface area (Å²) in [5, 5.41) is 0. The van der Waals surface area contributed by atoms with Gasteiger partial charge in [0.1, 0.15) is 0 Å². The van der Waals surface area contributed by atoms with Crippen molar-refractivity contribution in [2.24, 2.45) is 4.99 Å². The van der Waals surface area contributed by atoms with E-state index in [2.05, 4.69) is 6.08 Å². The van der Waals surface area contributed by atoms with E-state index in [1.165, 1.54) is 0 Å². The Morgan fingerprint density at radius 1 is 0.711 bits per heavy atom. The standard InChI is InChI=1S/C33H34NO3P/c1-3-36-38(35,37-4-2)33(34-32(29-21-13-7-14-22-29)30-23-15-8-16-24-30)31(28-19-11-6-12-20-28)26-25-27-17-9-5-10-18-27/h5-26,31,33H,3-4H2,1-2H3/b26-25+/t31-,33-/m1/s1. The summed E-state index contributed by atoms with van der Waals surface area (Å²) in [6.07, 6.45) is 4.12. The van der Waals surface area contributed by atoms with Crippen LogP contribution < -0.4 is 0 Å². The highest BCUT2D eigenvalue weighted by molar-refractivity contribution is 7.54. The van der Waals surface area contributed by atoms with Crippen LogP contribution in [0.2, 0.25) is 0 Å². The van der Waals surface area contributed by atoms with Crippen molar-refractivity contribution in [1.82, 2.24) is 0 Å². The molecule has 0 amide bonds. The monoisotopic (exact) mass is 523 g/mol. The van der Waals surface area contributed by atoms with Gasteiger partial charge in [0.15, 0.2) is 5.78 Å². The molecule has 4 nitrogen and oxygen atoms in total. The van der Waals surface area contributed by atoms with Crippen LogP contribution in [0.1, 0.15) is 42.0 Å². The molecule has 0 saturated carbocycles. The van der Waals surface area contributed by atoms with Gasteiger partial charge in [0.25, 0.3) is 0 Å². The molecule has 0 unspecified atom stereocenters. The van der Waals surface area contributed by atoms with Gasteiger partial charge in [-0.1, -0.05) is 133 Å². The van der Waals surface area contributed by atoms with Gasteiger partial charge in [-0.15, -0.1) is 0 Å². The van der Waals surface area contributed by atoms with Gasteiger partial charge in [0.05, 0.1) is 18.9 Å². The van der Waals surface area contributed by atoms with Crippen LogP contribution in [-0.2, 0) is 13.6 Å². The zero-order valence-corrected chi connectivity index (χ0v) is 22.8. The lowest BCUT2D eigenvalue weighted by Crippen LogP contribution is -2.22. The second-order valence-corrected chi connectivity index (χ2v) is 10.8. The first-order valence-corrected chi connectivity index (χ1v) is 14.6. The summed E-state index contributed by atoms with van der Waals surface area (Å²) >= 11 is 0. The summed E-state index contributed by atoms with van der Waals surface area (Å²) in [6, 6.07) is 40.1. The number of aliphatic imine (C=N–C) groups is 1. The van der Waals surface area contributed by atoms with Crippen molar-refractivity contribution in [3.05, 3.63) is 150 Å². The van der Waals surface area contributed by atoms with Gasteiger partial charge in [-0.3, -0.25) is 9.56 Å². The normalized spacial score (nSPS) is 13.2. The van der Waals surface area contributed by atoms with E-state index >= 15 is 0 Å². The molecule has 4 aromatic carbocycles. The molecule has 194 valence electrons. The van der Waals surface area contributed by atoms with Gasteiger partial charge in [0.2, 0.25) is 0 Å². The van der Waals surface area contributed by atoms with E-state index in [0.717, 1.165) is 28.0 Å². The Labute approximate surface area is 226 Å². The molecule has 4 aromatic rings. The quantitative estimate of drug-likeness (QED) is 0.138. The molecule has 0 bridgehead atoms. The van der Waals surface area contributed by atoms with Gasteiger partial charge in [0, 0.05) is 17.0 Å². The Hall–Kier alpha value is -3.56. The maximum Gasteiger partial charge on any atom is 0.355 e. The Kier molecular flexibility index (Phi) is 10.0. The molecule has 0 radical (unpaired) electrons. The zero-order chi connectivity index (χ0) is 26.6. The van der Waals surface area contributed by atoms with Gasteiger partial charge < -0.3 is 9.05 Å². The molecule has 0 aliphatic heterocycles. The SMILES string of the molecule is CCOP(=O)(OCC)[C@@H](N=C(c1ccccc1)c1ccccc1)[C@H](/C=C/c1ccccc1)c1ccccc1. The van der Waals surface area contributed by atoms with Gasteiger partial charge in [-0.25, -0.2) is 0 Å². The third kappa shape index (κ3) is 7.05. The van der Waals surface area contributed by atoms with Crippen LogP contribution in [0.25, 0.3) is 6.08 Å². The van der Waals surface area contributed by atoms with Crippen LogP contribution in [0.4, 0.5) is 0 Å². The van der Waals surface area contributed by atoms with Crippen molar-refractivity contribution in [3.8, 4) is 0 Å². The molecule has 0 saturated heterocycles. The third-order valence-corrected chi connectivity index (χ3v) is 8.42. The lowest BCUT2D eigenvalue weighted by Gasteiger charge is -2.30. The average Bonchev–Trinajstić information content (AvgIpc) is 2.97. The van der Waals surface area contributed by atoms with E-state index in [1.54, 1.807) is 0 Å². The smallest absolute Gasteiger partial charge is 0.307 e. The number of rotatable bonds is 12. The Balaban J connectivity index is 1.96. The number of nitrogens with zero attached hydrogens (tertiary/aromatic N) is 1. The first kappa shape index (κ1) is 27.5. The fourth-order valence-electron chi connectivity index (χ4n) is 4.37. The van der Waals surface area contributed by atoms with Crippen LogP contribution in [0, 0.1) is 0 Å². The topological polar surface area (TPSA) is 47.9 Å². The van der Waals surface area contributed by atoms with Gasteiger partial charge in [-0.2, -0.15) is 0 Å². The van der Waals surface area contributed by atoms with Crippen molar-refractivity contribution in [3.63, 3.8) is 0 Å². The summed E-state index contributed by atoms with van der Waals surface area (Å²) in [6.45, 7) is 4.16. The molecule has 0 heterocycles. The number of hydrogen-bond acceptors (Lipinski definition) is 4. The summed E-state index contributed by atoms with van der Waals surface area (Å²) in [5.41, 5.74) is 4.63. The molecule has 0 fully saturated rings. The summed E-state index contributed by atoms with van der Waals surface area (Å²) in [4.78, 5) is 5.27. The second-order valence-electron chi connectivity index (χ2n) is 8.71. The predicted octanol–water partition coefficient (Wildman–Crippen LogP) is 8.61. The molecule has 0 N–H and O–H groups in total. The zero-order valence-electron chi connectivity index (χ0n) is 21.9. The Morgan fingerprint density at radius 2 is 1.16 bits per heavy atom. The summed E-state index contributed by atoms with van der Waals surface area (Å²) in [5.74, 6) is -1.19. The van der Waals surface area contributed by atoms with E-state index in [4.69, 9.17) is 14.0 Å². The lowest BCUT2D eigenvalue weighted by molar-refractivity contribution is 0.210. The molecule has 5 heteroatoms. The van der Waals surface area contributed by atoms with Gasteiger partial charge in [-0.05, 0) is 25.0 Å². The lowest BCUT2D eigenvalue weighted by atomic mass is 9.96. The molecule has 0 aliphatic rings. The van der Waals surface area contributed by atoms with E-state index in [-0.39, 0.29) is 19.1 Å². The van der Waals surface area contributed by atoms with Crippen molar-refractivity contribution in [1.29, 1.82) is 0 Å². The van der Waals surface area contributed by atoms with Crippen molar-refractivity contribution < 1.29 is 13.6 Å². The van der Waals surface area contributed by atoms with E-state index < -0.39 is 13.4 Å². The average molecular weight is 524 g/mol. The van der Waals surface area contributed by atoms with E-state index in [1.807, 2.05) is 141 Å². The molecule has 4 rings (SSSR count). The molecular formula is C33H34NO3P. The minimum Gasteiger partial charge on any atom is -0.307 e. The van der Waals surface area contributed by atoms with E-state index in [9.17, 15) is 4.57 Å². The second kappa shape index (κ2) is 13.8. The minimum atomic E-state index is -3.71. The summed E-state index contributed by atoms with van der Waals surface area (Å²) in [7, 11) is -3.71.